The molecular formula is C19H20N2O7. The second-order valence-electron chi connectivity index (χ2n) is 5.63. The zero-order valence-electron chi connectivity index (χ0n) is 15.5. The van der Waals surface area contributed by atoms with Crippen LogP contribution in [0.2, 0.25) is 0 Å². The van der Waals surface area contributed by atoms with Crippen LogP contribution in [0.1, 0.15) is 12.5 Å². The highest BCUT2D eigenvalue weighted by molar-refractivity contribution is 5.95. The highest BCUT2D eigenvalue weighted by Gasteiger charge is 2.18. The Morgan fingerprint density at radius 3 is 2.29 bits per heavy atom. The number of rotatable bonds is 9. The number of hydrogen-bond donors (Lipinski definition) is 1. The Hall–Kier alpha value is -3.62. The first-order valence-corrected chi connectivity index (χ1v) is 8.45. The van der Waals surface area contributed by atoms with Crippen LogP contribution in [-0.2, 0) is 14.3 Å². The number of anilines is 1. The standard InChI is InChI=1S/C19H20N2O7/c1-3-26-14-7-9-15(10-8-14)27-12-18(23)28-11-17(22)20-19-13(2)5-4-6-16(19)21(24)25/h4-10H,3,11-12H2,1-2H3,(H,20,22). The van der Waals surface area contributed by atoms with Gasteiger partial charge in [-0.15, -0.1) is 0 Å². The number of nitro benzene ring substituents is 1. The predicted molar refractivity (Wildman–Crippen MR) is 101 cm³/mol. The minimum Gasteiger partial charge on any atom is -0.494 e. The van der Waals surface area contributed by atoms with Crippen molar-refractivity contribution in [1.82, 2.24) is 0 Å². The van der Waals surface area contributed by atoms with Crippen LogP contribution >= 0.6 is 0 Å². The average Bonchev–Trinajstić information content (AvgIpc) is 2.67. The molecule has 2 rings (SSSR count). The number of esters is 1. The number of nitrogens with one attached hydrogen (secondary N) is 1. The summed E-state index contributed by atoms with van der Waals surface area (Å²) >= 11 is 0. The zero-order chi connectivity index (χ0) is 20.5. The molecule has 0 aliphatic carbocycles. The number of ether oxygens (including phenoxy) is 3. The molecule has 0 heterocycles. The van der Waals surface area contributed by atoms with Gasteiger partial charge >= 0.3 is 5.97 Å². The van der Waals surface area contributed by atoms with E-state index in [0.29, 0.717) is 23.7 Å². The Balaban J connectivity index is 1.81. The molecule has 0 aromatic heterocycles. The summed E-state index contributed by atoms with van der Waals surface area (Å²) in [6.45, 7) is 3.07. The second-order valence-corrected chi connectivity index (χ2v) is 5.63. The lowest BCUT2D eigenvalue weighted by molar-refractivity contribution is -0.384. The molecule has 1 amide bonds. The third kappa shape index (κ3) is 5.97. The first kappa shape index (κ1) is 20.7. The van der Waals surface area contributed by atoms with E-state index >= 15 is 0 Å². The fourth-order valence-electron chi connectivity index (χ4n) is 2.27. The zero-order valence-corrected chi connectivity index (χ0v) is 15.5. The van der Waals surface area contributed by atoms with Crippen molar-refractivity contribution in [3.63, 3.8) is 0 Å². The Morgan fingerprint density at radius 1 is 1.04 bits per heavy atom. The van der Waals surface area contributed by atoms with Crippen molar-refractivity contribution in [3.05, 3.63) is 58.1 Å². The summed E-state index contributed by atoms with van der Waals surface area (Å²) in [6, 6.07) is 11.1. The van der Waals surface area contributed by atoms with E-state index in [-0.39, 0.29) is 18.0 Å². The quantitative estimate of drug-likeness (QED) is 0.399. The Kier molecular flexibility index (Phi) is 7.32. The Morgan fingerprint density at radius 2 is 1.68 bits per heavy atom. The van der Waals surface area contributed by atoms with Gasteiger partial charge in [-0.2, -0.15) is 0 Å². The average molecular weight is 388 g/mol. The lowest BCUT2D eigenvalue weighted by atomic mass is 10.1. The van der Waals surface area contributed by atoms with Crippen LogP contribution in [0.3, 0.4) is 0 Å². The molecule has 0 saturated carbocycles. The van der Waals surface area contributed by atoms with Gasteiger partial charge in [0.15, 0.2) is 13.2 Å². The van der Waals surface area contributed by atoms with Crippen molar-refractivity contribution in [3.8, 4) is 11.5 Å². The van der Waals surface area contributed by atoms with Crippen LogP contribution < -0.4 is 14.8 Å². The minimum absolute atomic E-state index is 0.0687. The van der Waals surface area contributed by atoms with E-state index in [1.165, 1.54) is 12.1 Å². The lowest BCUT2D eigenvalue weighted by Gasteiger charge is -2.10. The molecule has 0 aliphatic heterocycles. The monoisotopic (exact) mass is 388 g/mol. The maximum Gasteiger partial charge on any atom is 0.344 e. The molecule has 2 aromatic carbocycles. The first-order valence-electron chi connectivity index (χ1n) is 8.45. The molecule has 0 radical (unpaired) electrons. The molecular weight excluding hydrogens is 368 g/mol. The highest BCUT2D eigenvalue weighted by Crippen LogP contribution is 2.27. The molecule has 0 atom stereocenters. The van der Waals surface area contributed by atoms with Crippen molar-refractivity contribution < 1.29 is 28.7 Å². The van der Waals surface area contributed by atoms with Crippen LogP contribution in [0.4, 0.5) is 11.4 Å². The molecule has 9 nitrogen and oxygen atoms in total. The molecule has 0 spiro atoms. The van der Waals surface area contributed by atoms with Crippen LogP contribution in [0.5, 0.6) is 11.5 Å². The van der Waals surface area contributed by atoms with Crippen LogP contribution in [-0.4, -0.2) is 36.6 Å². The van der Waals surface area contributed by atoms with Gasteiger partial charge in [-0.1, -0.05) is 12.1 Å². The van der Waals surface area contributed by atoms with E-state index in [1.807, 2.05) is 6.92 Å². The molecule has 148 valence electrons. The molecule has 0 fully saturated rings. The Labute approximate surface area is 161 Å². The number of aryl methyl sites for hydroxylation is 1. The highest BCUT2D eigenvalue weighted by atomic mass is 16.6. The van der Waals surface area contributed by atoms with Gasteiger partial charge in [0.25, 0.3) is 11.6 Å². The molecule has 0 saturated heterocycles. The molecule has 0 unspecified atom stereocenters. The second kappa shape index (κ2) is 9.91. The van der Waals surface area contributed by atoms with Crippen molar-refractivity contribution in [2.75, 3.05) is 25.1 Å². The van der Waals surface area contributed by atoms with Crippen molar-refractivity contribution in [2.45, 2.75) is 13.8 Å². The van der Waals surface area contributed by atoms with E-state index in [0.717, 1.165) is 0 Å². The Bertz CT molecular complexity index is 850. The molecule has 0 bridgehead atoms. The van der Waals surface area contributed by atoms with Crippen molar-refractivity contribution in [1.29, 1.82) is 0 Å². The van der Waals surface area contributed by atoms with E-state index in [4.69, 9.17) is 14.2 Å². The number of nitro groups is 1. The summed E-state index contributed by atoms with van der Waals surface area (Å²) in [5.41, 5.74) is 0.352. The fourth-order valence-corrected chi connectivity index (χ4v) is 2.27. The summed E-state index contributed by atoms with van der Waals surface area (Å²) in [7, 11) is 0. The molecule has 1 N–H and O–H groups in total. The number of benzene rings is 2. The van der Waals surface area contributed by atoms with E-state index < -0.39 is 23.4 Å². The van der Waals surface area contributed by atoms with Gasteiger partial charge in [-0.25, -0.2) is 4.79 Å². The number of carbonyl (C=O) groups is 2. The number of amides is 1. The SMILES string of the molecule is CCOc1ccc(OCC(=O)OCC(=O)Nc2c(C)cccc2[N+](=O)[O-])cc1. The van der Waals surface area contributed by atoms with E-state index in [1.54, 1.807) is 37.3 Å². The predicted octanol–water partition coefficient (Wildman–Crippen LogP) is 2.86. The number of hydrogen-bond acceptors (Lipinski definition) is 7. The lowest BCUT2D eigenvalue weighted by Crippen LogP contribution is -2.24. The number of para-hydroxylation sites is 1. The van der Waals surface area contributed by atoms with Crippen molar-refractivity contribution in [2.24, 2.45) is 0 Å². The minimum atomic E-state index is -0.747. The van der Waals surface area contributed by atoms with Gasteiger partial charge < -0.3 is 19.5 Å². The van der Waals surface area contributed by atoms with Gasteiger partial charge in [0.1, 0.15) is 17.2 Å². The fraction of sp³-hybridized carbons (Fsp3) is 0.263. The maximum atomic E-state index is 12.0. The van der Waals surface area contributed by atoms with Gasteiger partial charge in [0.2, 0.25) is 0 Å². The summed E-state index contributed by atoms with van der Waals surface area (Å²) in [4.78, 5) is 34.1. The maximum absolute atomic E-state index is 12.0. The first-order chi connectivity index (χ1) is 13.4. The van der Waals surface area contributed by atoms with Crippen LogP contribution in [0.15, 0.2) is 42.5 Å². The largest absolute Gasteiger partial charge is 0.494 e. The number of carbonyl (C=O) groups excluding carboxylic acids is 2. The number of nitrogens with zero attached hydrogens (tertiary/aromatic N) is 1. The smallest absolute Gasteiger partial charge is 0.344 e. The third-order valence-electron chi connectivity index (χ3n) is 3.57. The summed E-state index contributed by atoms with van der Waals surface area (Å²) in [5.74, 6) is -0.310. The summed E-state index contributed by atoms with van der Waals surface area (Å²) in [5, 5.41) is 13.4. The molecule has 9 heteroatoms. The van der Waals surface area contributed by atoms with E-state index in [9.17, 15) is 19.7 Å². The van der Waals surface area contributed by atoms with Gasteiger partial charge in [0.05, 0.1) is 11.5 Å². The van der Waals surface area contributed by atoms with Crippen molar-refractivity contribution >= 4 is 23.3 Å². The summed E-state index contributed by atoms with van der Waals surface area (Å²) < 4.78 is 15.4. The molecule has 0 aliphatic rings. The molecule has 28 heavy (non-hydrogen) atoms. The summed E-state index contributed by atoms with van der Waals surface area (Å²) in [6.07, 6.45) is 0. The van der Waals surface area contributed by atoms with Gasteiger partial charge in [-0.3, -0.25) is 14.9 Å². The third-order valence-corrected chi connectivity index (χ3v) is 3.57. The van der Waals surface area contributed by atoms with E-state index in [2.05, 4.69) is 5.32 Å². The molecule has 2 aromatic rings. The topological polar surface area (TPSA) is 117 Å². The van der Waals surface area contributed by atoms with Gasteiger partial charge in [-0.05, 0) is 43.7 Å². The normalized spacial score (nSPS) is 10.1. The van der Waals surface area contributed by atoms with Gasteiger partial charge in [0, 0.05) is 6.07 Å². The van der Waals surface area contributed by atoms with Crippen LogP contribution in [0.25, 0.3) is 0 Å². The van der Waals surface area contributed by atoms with Crippen LogP contribution in [0, 0.1) is 17.0 Å².